The Bertz CT molecular complexity index is 324. The Hall–Kier alpha value is -0.900. The van der Waals surface area contributed by atoms with E-state index >= 15 is 0 Å². The van der Waals surface area contributed by atoms with Crippen molar-refractivity contribution < 1.29 is 13.9 Å². The van der Waals surface area contributed by atoms with Crippen LogP contribution in [0.2, 0.25) is 0 Å². The SMILES string of the molecule is CCOC(=O)CC(F)c1ccc(Br)cc1. The molecule has 0 amide bonds. The number of carbonyl (C=O) groups is 1. The third-order valence-corrected chi connectivity index (χ3v) is 2.41. The lowest BCUT2D eigenvalue weighted by Gasteiger charge is -2.07. The van der Waals surface area contributed by atoms with Gasteiger partial charge in [0.1, 0.15) is 6.17 Å². The number of halogens is 2. The number of hydrogen-bond donors (Lipinski definition) is 0. The van der Waals surface area contributed by atoms with Crippen molar-refractivity contribution in [2.24, 2.45) is 0 Å². The number of rotatable bonds is 4. The van der Waals surface area contributed by atoms with Crippen LogP contribution in [0, 0.1) is 0 Å². The number of carbonyl (C=O) groups excluding carboxylic acids is 1. The number of alkyl halides is 1. The van der Waals surface area contributed by atoms with E-state index in [1.807, 2.05) is 0 Å². The fourth-order valence-electron chi connectivity index (χ4n) is 1.16. The van der Waals surface area contributed by atoms with E-state index in [1.54, 1.807) is 31.2 Å². The second-order valence-electron chi connectivity index (χ2n) is 3.03. The van der Waals surface area contributed by atoms with Crippen LogP contribution in [0.3, 0.4) is 0 Å². The van der Waals surface area contributed by atoms with E-state index in [2.05, 4.69) is 20.7 Å². The molecular weight excluding hydrogens is 263 g/mol. The van der Waals surface area contributed by atoms with Crippen molar-refractivity contribution in [3.8, 4) is 0 Å². The third-order valence-electron chi connectivity index (χ3n) is 1.88. The van der Waals surface area contributed by atoms with Gasteiger partial charge in [0.15, 0.2) is 0 Å². The van der Waals surface area contributed by atoms with E-state index in [-0.39, 0.29) is 13.0 Å². The van der Waals surface area contributed by atoms with E-state index in [1.165, 1.54) is 0 Å². The zero-order chi connectivity index (χ0) is 11.3. The van der Waals surface area contributed by atoms with Gasteiger partial charge >= 0.3 is 5.97 Å². The van der Waals surface area contributed by atoms with Crippen molar-refractivity contribution in [1.82, 2.24) is 0 Å². The molecule has 0 N–H and O–H groups in total. The molecule has 0 saturated carbocycles. The van der Waals surface area contributed by atoms with Gasteiger partial charge in [-0.25, -0.2) is 4.39 Å². The molecule has 0 radical (unpaired) electrons. The van der Waals surface area contributed by atoms with Gasteiger partial charge in [-0.05, 0) is 24.6 Å². The van der Waals surface area contributed by atoms with Crippen LogP contribution in [0.15, 0.2) is 28.7 Å². The molecule has 0 saturated heterocycles. The summed E-state index contributed by atoms with van der Waals surface area (Å²) >= 11 is 3.26. The van der Waals surface area contributed by atoms with Crippen LogP contribution < -0.4 is 0 Å². The first-order valence-electron chi connectivity index (χ1n) is 4.68. The van der Waals surface area contributed by atoms with Crippen molar-refractivity contribution in [3.05, 3.63) is 34.3 Å². The summed E-state index contributed by atoms with van der Waals surface area (Å²) in [6, 6.07) is 6.78. The van der Waals surface area contributed by atoms with Gasteiger partial charge in [-0.2, -0.15) is 0 Å². The Kier molecular flexibility index (Phi) is 4.75. The van der Waals surface area contributed by atoms with E-state index in [4.69, 9.17) is 0 Å². The number of ether oxygens (including phenoxy) is 1. The summed E-state index contributed by atoms with van der Waals surface area (Å²) in [6.07, 6.45) is -1.52. The molecule has 0 fully saturated rings. The largest absolute Gasteiger partial charge is 0.466 e. The van der Waals surface area contributed by atoms with Gasteiger partial charge in [-0.3, -0.25) is 4.79 Å². The zero-order valence-electron chi connectivity index (χ0n) is 8.37. The maximum absolute atomic E-state index is 13.5. The van der Waals surface area contributed by atoms with E-state index in [0.717, 1.165) is 4.47 Å². The fraction of sp³-hybridized carbons (Fsp3) is 0.364. The molecule has 1 rings (SSSR count). The monoisotopic (exact) mass is 274 g/mol. The zero-order valence-corrected chi connectivity index (χ0v) is 9.96. The van der Waals surface area contributed by atoms with E-state index < -0.39 is 12.1 Å². The maximum atomic E-state index is 13.5. The second-order valence-corrected chi connectivity index (χ2v) is 3.94. The molecule has 1 aromatic carbocycles. The first-order valence-corrected chi connectivity index (χ1v) is 5.48. The van der Waals surface area contributed by atoms with Gasteiger partial charge in [0.25, 0.3) is 0 Å². The average molecular weight is 275 g/mol. The molecule has 82 valence electrons. The molecule has 1 aromatic rings. The van der Waals surface area contributed by atoms with E-state index in [9.17, 15) is 9.18 Å². The summed E-state index contributed by atoms with van der Waals surface area (Å²) in [7, 11) is 0. The Balaban J connectivity index is 2.57. The lowest BCUT2D eigenvalue weighted by molar-refractivity contribution is -0.144. The minimum absolute atomic E-state index is 0.227. The Morgan fingerprint density at radius 2 is 2.07 bits per heavy atom. The van der Waals surface area contributed by atoms with Gasteiger partial charge in [-0.1, -0.05) is 28.1 Å². The summed E-state index contributed by atoms with van der Waals surface area (Å²) in [6.45, 7) is 1.98. The van der Waals surface area contributed by atoms with Crippen LogP contribution in [-0.4, -0.2) is 12.6 Å². The number of benzene rings is 1. The molecule has 0 heterocycles. The average Bonchev–Trinajstić information content (AvgIpc) is 2.18. The normalized spacial score (nSPS) is 12.2. The molecule has 0 aromatic heterocycles. The quantitative estimate of drug-likeness (QED) is 0.787. The lowest BCUT2D eigenvalue weighted by atomic mass is 10.1. The van der Waals surface area contributed by atoms with Crippen molar-refractivity contribution in [1.29, 1.82) is 0 Å². The molecule has 4 heteroatoms. The third kappa shape index (κ3) is 4.00. The van der Waals surface area contributed by atoms with Gasteiger partial charge in [0.05, 0.1) is 13.0 Å². The predicted molar refractivity (Wildman–Crippen MR) is 59.2 cm³/mol. The van der Waals surface area contributed by atoms with Gasteiger partial charge in [-0.15, -0.1) is 0 Å². The molecular formula is C11H12BrFO2. The first kappa shape index (κ1) is 12.2. The van der Waals surface area contributed by atoms with Crippen LogP contribution in [0.4, 0.5) is 4.39 Å². The van der Waals surface area contributed by atoms with Crippen molar-refractivity contribution in [3.63, 3.8) is 0 Å². The highest BCUT2D eigenvalue weighted by Crippen LogP contribution is 2.23. The number of esters is 1. The highest BCUT2D eigenvalue weighted by molar-refractivity contribution is 9.10. The first-order chi connectivity index (χ1) is 7.13. The summed E-state index contributed by atoms with van der Waals surface area (Å²) in [5, 5.41) is 0. The fourth-order valence-corrected chi connectivity index (χ4v) is 1.42. The van der Waals surface area contributed by atoms with Crippen LogP contribution in [0.25, 0.3) is 0 Å². The molecule has 2 nitrogen and oxygen atoms in total. The molecule has 1 atom stereocenters. The summed E-state index contributed by atoms with van der Waals surface area (Å²) in [5.74, 6) is -0.507. The molecule has 0 bridgehead atoms. The van der Waals surface area contributed by atoms with Crippen molar-refractivity contribution >= 4 is 21.9 Å². The lowest BCUT2D eigenvalue weighted by Crippen LogP contribution is -2.07. The molecule has 0 aliphatic carbocycles. The van der Waals surface area contributed by atoms with E-state index in [0.29, 0.717) is 5.56 Å². The predicted octanol–water partition coefficient (Wildman–Crippen LogP) is 3.41. The van der Waals surface area contributed by atoms with Gasteiger partial charge in [0.2, 0.25) is 0 Å². The number of hydrogen-bond acceptors (Lipinski definition) is 2. The van der Waals surface area contributed by atoms with Crippen molar-refractivity contribution in [2.45, 2.75) is 19.5 Å². The summed E-state index contributed by atoms with van der Waals surface area (Å²) < 4.78 is 19.1. The molecule has 0 aliphatic rings. The minimum Gasteiger partial charge on any atom is -0.466 e. The van der Waals surface area contributed by atoms with Crippen LogP contribution in [0.1, 0.15) is 25.1 Å². The Morgan fingerprint density at radius 1 is 1.47 bits per heavy atom. The highest BCUT2D eigenvalue weighted by atomic mass is 79.9. The van der Waals surface area contributed by atoms with Crippen molar-refractivity contribution in [2.75, 3.05) is 6.61 Å². The highest BCUT2D eigenvalue weighted by Gasteiger charge is 2.15. The topological polar surface area (TPSA) is 26.3 Å². The van der Waals surface area contributed by atoms with Crippen LogP contribution in [0.5, 0.6) is 0 Å². The summed E-state index contributed by atoms with van der Waals surface area (Å²) in [4.78, 5) is 11.0. The maximum Gasteiger partial charge on any atom is 0.309 e. The Morgan fingerprint density at radius 3 is 2.60 bits per heavy atom. The molecule has 0 spiro atoms. The smallest absolute Gasteiger partial charge is 0.309 e. The Labute approximate surface area is 96.6 Å². The summed E-state index contributed by atoms with van der Waals surface area (Å²) in [5.41, 5.74) is 0.492. The molecule has 0 aliphatic heterocycles. The second kappa shape index (κ2) is 5.85. The van der Waals surface area contributed by atoms with Gasteiger partial charge in [0, 0.05) is 4.47 Å². The minimum atomic E-state index is -1.29. The van der Waals surface area contributed by atoms with Crippen LogP contribution >= 0.6 is 15.9 Å². The van der Waals surface area contributed by atoms with Gasteiger partial charge < -0.3 is 4.74 Å². The van der Waals surface area contributed by atoms with Crippen LogP contribution in [-0.2, 0) is 9.53 Å². The molecule has 1 unspecified atom stereocenters. The molecule has 15 heavy (non-hydrogen) atoms. The standard InChI is InChI=1S/C11H12BrFO2/c1-2-15-11(14)7-10(13)8-3-5-9(12)6-4-8/h3-6,10H,2,7H2,1H3.